The smallest absolute Gasteiger partial charge is 0.132 e. The molecule has 3 atom stereocenters. The Balaban J connectivity index is 1.59. The van der Waals surface area contributed by atoms with Crippen LogP contribution in [0.5, 0.6) is 0 Å². The van der Waals surface area contributed by atoms with E-state index in [0.717, 1.165) is 24.9 Å². The number of aliphatic hydroxyl groups is 2. The van der Waals surface area contributed by atoms with Gasteiger partial charge in [-0.2, -0.15) is 0 Å². The highest BCUT2D eigenvalue weighted by molar-refractivity contribution is 5.17. The Morgan fingerprint density at radius 3 is 2.64 bits per heavy atom. The van der Waals surface area contributed by atoms with Gasteiger partial charge in [0, 0.05) is 12.6 Å². The van der Waals surface area contributed by atoms with E-state index in [1.807, 2.05) is 36.4 Å². The van der Waals surface area contributed by atoms with E-state index >= 15 is 0 Å². The van der Waals surface area contributed by atoms with Crippen molar-refractivity contribution in [2.75, 3.05) is 13.1 Å². The number of likely N-dealkylation sites (tertiary alicyclic amines) is 1. The van der Waals surface area contributed by atoms with Crippen LogP contribution in [-0.2, 0) is 0 Å². The van der Waals surface area contributed by atoms with Crippen LogP contribution in [0.3, 0.4) is 0 Å². The van der Waals surface area contributed by atoms with Gasteiger partial charge in [0.05, 0.1) is 12.4 Å². The Morgan fingerprint density at radius 2 is 1.91 bits per heavy atom. The van der Waals surface area contributed by atoms with E-state index in [1.54, 1.807) is 12.3 Å². The number of β-amino-alcohol motifs (C(OH)–C–C–N with tert-alkyl or cyclic N) is 1. The number of hydrogen-bond acceptors (Lipinski definition) is 4. The third-order valence-corrected chi connectivity index (χ3v) is 4.46. The summed E-state index contributed by atoms with van der Waals surface area (Å²) in [6.07, 6.45) is 3.34. The Morgan fingerprint density at radius 1 is 1.09 bits per heavy atom. The lowest BCUT2D eigenvalue weighted by atomic mass is 10.0. The predicted molar refractivity (Wildman–Crippen MR) is 84.3 cm³/mol. The Bertz CT molecular complexity index is 555. The maximum atomic E-state index is 10.4. The molecule has 0 spiro atoms. The topological polar surface area (TPSA) is 56.8 Å². The lowest BCUT2D eigenvalue weighted by Crippen LogP contribution is -2.34. The normalized spacial score (nSPS) is 21.8. The van der Waals surface area contributed by atoms with Gasteiger partial charge in [-0.05, 0) is 43.5 Å². The molecule has 2 heterocycles. The minimum absolute atomic E-state index is 0.290. The van der Waals surface area contributed by atoms with E-state index in [9.17, 15) is 10.2 Å². The first-order valence-corrected chi connectivity index (χ1v) is 7.92. The molecule has 1 aliphatic rings. The van der Waals surface area contributed by atoms with Crippen molar-refractivity contribution in [3.63, 3.8) is 0 Å². The fraction of sp³-hybridized carbons (Fsp3) is 0.444. The number of aliphatic hydroxyl groups excluding tert-OH is 2. The highest BCUT2D eigenvalue weighted by atomic mass is 16.4. The number of rotatable bonds is 6. The fourth-order valence-corrected chi connectivity index (χ4v) is 3.26. The highest BCUT2D eigenvalue weighted by Gasteiger charge is 2.29. The lowest BCUT2D eigenvalue weighted by Gasteiger charge is -2.28. The van der Waals surface area contributed by atoms with Gasteiger partial charge in [-0.3, -0.25) is 4.90 Å². The third kappa shape index (κ3) is 3.58. The van der Waals surface area contributed by atoms with E-state index in [2.05, 4.69) is 4.90 Å². The van der Waals surface area contributed by atoms with Crippen LogP contribution < -0.4 is 0 Å². The van der Waals surface area contributed by atoms with E-state index < -0.39 is 12.2 Å². The monoisotopic (exact) mass is 301 g/mol. The summed E-state index contributed by atoms with van der Waals surface area (Å²) in [5.41, 5.74) is 0.944. The van der Waals surface area contributed by atoms with Crippen LogP contribution >= 0.6 is 0 Å². The van der Waals surface area contributed by atoms with Crippen molar-refractivity contribution in [1.82, 2.24) is 4.90 Å². The number of hydrogen-bond donors (Lipinski definition) is 2. The molecule has 0 amide bonds. The van der Waals surface area contributed by atoms with Gasteiger partial charge in [0.15, 0.2) is 0 Å². The largest absolute Gasteiger partial charge is 0.467 e. The summed E-state index contributed by atoms with van der Waals surface area (Å²) in [7, 11) is 0. The van der Waals surface area contributed by atoms with Crippen molar-refractivity contribution in [3.8, 4) is 0 Å². The highest BCUT2D eigenvalue weighted by Crippen LogP contribution is 2.29. The minimum Gasteiger partial charge on any atom is -0.467 e. The van der Waals surface area contributed by atoms with E-state index in [0.29, 0.717) is 24.8 Å². The van der Waals surface area contributed by atoms with Gasteiger partial charge in [0.25, 0.3) is 0 Å². The van der Waals surface area contributed by atoms with Gasteiger partial charge in [0.1, 0.15) is 11.9 Å². The molecule has 0 bridgehead atoms. The first kappa shape index (κ1) is 15.3. The quantitative estimate of drug-likeness (QED) is 0.861. The van der Waals surface area contributed by atoms with Gasteiger partial charge in [-0.15, -0.1) is 0 Å². The number of benzene rings is 1. The Labute approximate surface area is 131 Å². The van der Waals surface area contributed by atoms with Gasteiger partial charge < -0.3 is 14.6 Å². The molecule has 4 nitrogen and oxygen atoms in total. The molecule has 1 fully saturated rings. The van der Waals surface area contributed by atoms with Crippen LogP contribution in [0.25, 0.3) is 0 Å². The zero-order valence-electron chi connectivity index (χ0n) is 12.6. The van der Waals surface area contributed by atoms with Crippen LogP contribution in [0.4, 0.5) is 0 Å². The lowest BCUT2D eigenvalue weighted by molar-refractivity contribution is 0.0708. The first-order chi connectivity index (χ1) is 10.7. The van der Waals surface area contributed by atoms with Crippen molar-refractivity contribution in [1.29, 1.82) is 0 Å². The van der Waals surface area contributed by atoms with E-state index in [4.69, 9.17) is 4.42 Å². The minimum atomic E-state index is -0.575. The molecule has 22 heavy (non-hydrogen) atoms. The first-order valence-electron chi connectivity index (χ1n) is 7.92. The van der Waals surface area contributed by atoms with Crippen molar-refractivity contribution >= 4 is 0 Å². The predicted octanol–water partition coefficient (Wildman–Crippen LogP) is 2.90. The maximum absolute atomic E-state index is 10.4. The van der Waals surface area contributed by atoms with Crippen LogP contribution in [0, 0.1) is 0 Å². The molecular weight excluding hydrogens is 278 g/mol. The second-order valence-electron chi connectivity index (χ2n) is 5.98. The summed E-state index contributed by atoms with van der Waals surface area (Å²) >= 11 is 0. The maximum Gasteiger partial charge on any atom is 0.132 e. The average Bonchev–Trinajstić information content (AvgIpc) is 3.20. The van der Waals surface area contributed by atoms with E-state index in [1.165, 1.54) is 0 Å². The molecule has 1 aliphatic heterocycles. The molecule has 2 N–H and O–H groups in total. The molecule has 1 aromatic heterocycles. The molecule has 118 valence electrons. The average molecular weight is 301 g/mol. The number of nitrogens with zero attached hydrogens (tertiary/aromatic N) is 1. The van der Waals surface area contributed by atoms with Gasteiger partial charge in [-0.25, -0.2) is 0 Å². The summed E-state index contributed by atoms with van der Waals surface area (Å²) in [5.74, 6) is 0.621. The molecule has 0 radical (unpaired) electrons. The summed E-state index contributed by atoms with van der Waals surface area (Å²) < 4.78 is 5.27. The molecule has 0 unspecified atom stereocenters. The molecule has 4 heteroatoms. The SMILES string of the molecule is O[C@H](CN1CCC[C@H]1C[C@H](O)c1ccco1)c1ccccc1. The molecule has 1 aromatic carbocycles. The summed E-state index contributed by atoms with van der Waals surface area (Å²) in [5, 5.41) is 20.6. The number of furan rings is 1. The van der Waals surface area contributed by atoms with Gasteiger partial charge >= 0.3 is 0 Å². The molecule has 0 aliphatic carbocycles. The standard InChI is InChI=1S/C18H23NO3/c20-16(18-9-5-11-22-18)12-15-8-4-10-19(15)13-17(21)14-6-2-1-3-7-14/h1-3,5-7,9,11,15-17,20-21H,4,8,10,12-13H2/t15-,16-,17+/m0/s1. The van der Waals surface area contributed by atoms with Crippen molar-refractivity contribution < 1.29 is 14.6 Å². The van der Waals surface area contributed by atoms with Gasteiger partial charge in [0.2, 0.25) is 0 Å². The van der Waals surface area contributed by atoms with Crippen molar-refractivity contribution in [3.05, 3.63) is 60.1 Å². The Hall–Kier alpha value is -1.62. The molecule has 3 rings (SSSR count). The summed E-state index contributed by atoms with van der Waals surface area (Å²) in [6.45, 7) is 1.58. The zero-order valence-corrected chi connectivity index (χ0v) is 12.6. The van der Waals surface area contributed by atoms with Crippen LogP contribution in [0.2, 0.25) is 0 Å². The van der Waals surface area contributed by atoms with Crippen molar-refractivity contribution in [2.24, 2.45) is 0 Å². The zero-order chi connectivity index (χ0) is 15.4. The summed E-state index contributed by atoms with van der Waals surface area (Å²) in [4.78, 5) is 2.28. The van der Waals surface area contributed by atoms with Crippen LogP contribution in [0.15, 0.2) is 53.1 Å². The molecule has 0 saturated carbocycles. The molecule has 1 saturated heterocycles. The second kappa shape index (κ2) is 7.09. The Kier molecular flexibility index (Phi) is 4.93. The van der Waals surface area contributed by atoms with E-state index in [-0.39, 0.29) is 0 Å². The molecule has 2 aromatic rings. The second-order valence-corrected chi connectivity index (χ2v) is 5.98. The van der Waals surface area contributed by atoms with Gasteiger partial charge in [-0.1, -0.05) is 30.3 Å². The fourth-order valence-electron chi connectivity index (χ4n) is 3.26. The summed E-state index contributed by atoms with van der Waals surface area (Å²) in [6, 6.07) is 13.6. The van der Waals surface area contributed by atoms with Crippen molar-refractivity contribution in [2.45, 2.75) is 37.5 Å². The van der Waals surface area contributed by atoms with Crippen LogP contribution in [0.1, 0.15) is 42.8 Å². The van der Waals surface area contributed by atoms with Crippen LogP contribution in [-0.4, -0.2) is 34.2 Å². The third-order valence-electron chi connectivity index (χ3n) is 4.46. The molecular formula is C18H23NO3.